The topological polar surface area (TPSA) is 79.0 Å². The lowest BCUT2D eigenvalue weighted by Crippen LogP contribution is -2.48. The maximum absolute atomic E-state index is 13.0. The predicted octanol–water partition coefficient (Wildman–Crippen LogP) is 2.11. The summed E-state index contributed by atoms with van der Waals surface area (Å²) in [6.07, 6.45) is 5.86. The fraction of sp³-hybridized carbons (Fsp3) is 0.833. The number of amides is 3. The highest BCUT2D eigenvalue weighted by Gasteiger charge is 2.50. The third-order valence-electron chi connectivity index (χ3n) is 5.03. The molecule has 1 saturated carbocycles. The highest BCUT2D eigenvalue weighted by Crippen LogP contribution is 2.32. The van der Waals surface area contributed by atoms with E-state index < -0.39 is 5.54 Å². The normalized spacial score (nSPS) is 20.3. The number of esters is 1. The summed E-state index contributed by atoms with van der Waals surface area (Å²) in [5.74, 6) is -0.0253. The first kappa shape index (κ1) is 19.7. The number of imide groups is 1. The summed E-state index contributed by atoms with van der Waals surface area (Å²) >= 11 is 0. The number of hydrogen-bond acceptors (Lipinski definition) is 5. The van der Waals surface area contributed by atoms with Crippen LogP contribution in [0.4, 0.5) is 4.79 Å². The van der Waals surface area contributed by atoms with Crippen LogP contribution in [0.15, 0.2) is 0 Å². The summed E-state index contributed by atoms with van der Waals surface area (Å²) < 4.78 is 4.70. The Labute approximate surface area is 150 Å². The van der Waals surface area contributed by atoms with Crippen molar-refractivity contribution >= 4 is 17.9 Å². The van der Waals surface area contributed by atoms with Crippen LogP contribution in [0.3, 0.4) is 0 Å². The number of hydrogen-bond donors (Lipinski definition) is 1. The summed E-state index contributed by atoms with van der Waals surface area (Å²) in [6.45, 7) is 5.55. The van der Waals surface area contributed by atoms with E-state index in [0.29, 0.717) is 19.0 Å². The van der Waals surface area contributed by atoms with Crippen molar-refractivity contribution in [2.45, 2.75) is 64.3 Å². The third-order valence-corrected chi connectivity index (χ3v) is 5.03. The van der Waals surface area contributed by atoms with Gasteiger partial charge in [0.1, 0.15) is 5.54 Å². The average molecular weight is 353 g/mol. The second-order valence-corrected chi connectivity index (χ2v) is 7.60. The Morgan fingerprint density at radius 3 is 2.44 bits per heavy atom. The van der Waals surface area contributed by atoms with Crippen molar-refractivity contribution in [1.82, 2.24) is 15.1 Å². The van der Waals surface area contributed by atoms with Crippen LogP contribution in [-0.2, 0) is 14.3 Å². The first-order chi connectivity index (χ1) is 11.9. The molecule has 0 radical (unpaired) electrons. The van der Waals surface area contributed by atoms with E-state index >= 15 is 0 Å². The number of ether oxygens (including phenoxy) is 1. The lowest BCUT2D eigenvalue weighted by molar-refractivity contribution is -0.141. The number of rotatable bonds is 7. The molecule has 0 atom stereocenters. The van der Waals surface area contributed by atoms with Crippen LogP contribution in [0.25, 0.3) is 0 Å². The van der Waals surface area contributed by atoms with Crippen LogP contribution >= 0.6 is 0 Å². The van der Waals surface area contributed by atoms with Crippen molar-refractivity contribution in [3.8, 4) is 0 Å². The van der Waals surface area contributed by atoms with Gasteiger partial charge in [-0.3, -0.25) is 14.5 Å². The molecule has 142 valence electrons. The first-order valence-corrected chi connectivity index (χ1v) is 9.31. The van der Waals surface area contributed by atoms with E-state index in [1.54, 1.807) is 0 Å². The Morgan fingerprint density at radius 2 is 1.88 bits per heavy atom. The molecule has 0 bridgehead atoms. The first-order valence-electron chi connectivity index (χ1n) is 9.31. The van der Waals surface area contributed by atoms with E-state index in [1.807, 2.05) is 4.90 Å². The molecule has 0 aromatic heterocycles. The maximum Gasteiger partial charge on any atom is 0.326 e. The van der Waals surface area contributed by atoms with Gasteiger partial charge in [-0.25, -0.2) is 9.69 Å². The van der Waals surface area contributed by atoms with Crippen LogP contribution in [0.2, 0.25) is 0 Å². The molecular formula is C18H31N3O4. The van der Waals surface area contributed by atoms with Crippen molar-refractivity contribution < 1.29 is 19.1 Å². The third kappa shape index (κ3) is 4.93. The molecule has 1 spiro atoms. The van der Waals surface area contributed by atoms with Gasteiger partial charge in [-0.2, -0.15) is 0 Å². The molecule has 0 aromatic carbocycles. The van der Waals surface area contributed by atoms with Crippen LogP contribution in [0, 0.1) is 5.92 Å². The molecule has 7 nitrogen and oxygen atoms in total. The van der Waals surface area contributed by atoms with E-state index in [9.17, 15) is 14.4 Å². The molecule has 0 aromatic rings. The van der Waals surface area contributed by atoms with Gasteiger partial charge in [0.2, 0.25) is 0 Å². The van der Waals surface area contributed by atoms with E-state index in [4.69, 9.17) is 4.74 Å². The monoisotopic (exact) mass is 353 g/mol. The minimum absolute atomic E-state index is 0.105. The molecule has 7 heteroatoms. The summed E-state index contributed by atoms with van der Waals surface area (Å²) in [4.78, 5) is 40.2. The molecule has 1 saturated heterocycles. The van der Waals surface area contributed by atoms with Gasteiger partial charge in [0, 0.05) is 13.1 Å². The Hall–Kier alpha value is -1.63. The minimum atomic E-state index is -0.709. The van der Waals surface area contributed by atoms with Crippen molar-refractivity contribution in [1.29, 1.82) is 0 Å². The maximum atomic E-state index is 13.0. The van der Waals surface area contributed by atoms with E-state index in [-0.39, 0.29) is 31.0 Å². The highest BCUT2D eigenvalue weighted by molar-refractivity contribution is 6.07. The van der Waals surface area contributed by atoms with Crippen LogP contribution in [-0.4, -0.2) is 60.1 Å². The number of nitrogens with zero attached hydrogens (tertiary/aromatic N) is 2. The van der Waals surface area contributed by atoms with Crippen molar-refractivity contribution in [2.24, 2.45) is 5.92 Å². The SMILES string of the molecule is COC(=O)CCN(CC(C)C)CN1C(=O)NC2(CCCCCC2)C1=O. The summed E-state index contributed by atoms with van der Waals surface area (Å²) in [5, 5.41) is 2.96. The molecule has 2 fully saturated rings. The van der Waals surface area contributed by atoms with Gasteiger partial charge in [0.15, 0.2) is 0 Å². The molecular weight excluding hydrogens is 322 g/mol. The predicted molar refractivity (Wildman–Crippen MR) is 93.7 cm³/mol. The van der Waals surface area contributed by atoms with Crippen LogP contribution < -0.4 is 5.32 Å². The van der Waals surface area contributed by atoms with Crippen molar-refractivity contribution in [3.63, 3.8) is 0 Å². The van der Waals surface area contributed by atoms with Crippen LogP contribution in [0.1, 0.15) is 58.8 Å². The quantitative estimate of drug-likeness (QED) is 0.560. The molecule has 1 N–H and O–H groups in total. The van der Waals surface area contributed by atoms with Crippen molar-refractivity contribution in [2.75, 3.05) is 26.9 Å². The molecule has 0 unspecified atom stereocenters. The standard InChI is InChI=1S/C18H31N3O4/c1-14(2)12-20(11-8-15(22)25-3)13-21-16(23)18(19-17(21)24)9-6-4-5-7-10-18/h14H,4-13H2,1-3H3,(H,19,24). The van der Waals surface area contributed by atoms with Gasteiger partial charge >= 0.3 is 12.0 Å². The number of methoxy groups -OCH3 is 1. The van der Waals surface area contributed by atoms with Crippen molar-refractivity contribution in [3.05, 3.63) is 0 Å². The second kappa shape index (κ2) is 8.65. The Kier molecular flexibility index (Phi) is 6.81. The van der Waals surface area contributed by atoms with Gasteiger partial charge in [-0.15, -0.1) is 0 Å². The molecule has 1 heterocycles. The second-order valence-electron chi connectivity index (χ2n) is 7.60. The summed E-state index contributed by atoms with van der Waals surface area (Å²) in [6, 6.07) is -0.307. The minimum Gasteiger partial charge on any atom is -0.469 e. The molecule has 2 rings (SSSR count). The lowest BCUT2D eigenvalue weighted by Gasteiger charge is -2.29. The zero-order valence-electron chi connectivity index (χ0n) is 15.7. The Morgan fingerprint density at radius 1 is 1.24 bits per heavy atom. The number of nitrogens with one attached hydrogen (secondary N) is 1. The van der Waals surface area contributed by atoms with Gasteiger partial charge in [-0.05, 0) is 18.8 Å². The molecule has 1 aliphatic carbocycles. The summed E-state index contributed by atoms with van der Waals surface area (Å²) in [5.41, 5.74) is -0.709. The number of carbonyl (C=O) groups excluding carboxylic acids is 3. The molecule has 25 heavy (non-hydrogen) atoms. The fourth-order valence-electron chi connectivity index (χ4n) is 3.76. The van der Waals surface area contributed by atoms with E-state index in [0.717, 1.165) is 38.5 Å². The van der Waals surface area contributed by atoms with Crippen LogP contribution in [0.5, 0.6) is 0 Å². The Bertz CT molecular complexity index is 499. The lowest BCUT2D eigenvalue weighted by atomic mass is 9.90. The summed E-state index contributed by atoms with van der Waals surface area (Å²) in [7, 11) is 1.36. The molecule has 1 aliphatic heterocycles. The number of carbonyl (C=O) groups is 3. The van der Waals surface area contributed by atoms with Gasteiger partial charge < -0.3 is 10.1 Å². The van der Waals surface area contributed by atoms with Gasteiger partial charge in [-0.1, -0.05) is 39.5 Å². The van der Waals surface area contributed by atoms with E-state index in [2.05, 4.69) is 19.2 Å². The van der Waals surface area contributed by atoms with Gasteiger partial charge in [0.25, 0.3) is 5.91 Å². The van der Waals surface area contributed by atoms with Gasteiger partial charge in [0.05, 0.1) is 20.2 Å². The number of urea groups is 1. The Balaban J connectivity index is 2.05. The smallest absolute Gasteiger partial charge is 0.326 e. The molecule has 2 aliphatic rings. The average Bonchev–Trinajstić information content (AvgIpc) is 2.74. The molecule has 3 amide bonds. The zero-order chi connectivity index (χ0) is 18.4. The highest BCUT2D eigenvalue weighted by atomic mass is 16.5. The fourth-order valence-corrected chi connectivity index (χ4v) is 3.76. The largest absolute Gasteiger partial charge is 0.469 e. The zero-order valence-corrected chi connectivity index (χ0v) is 15.7. The van der Waals surface area contributed by atoms with E-state index in [1.165, 1.54) is 12.0 Å².